The van der Waals surface area contributed by atoms with Crippen LogP contribution in [-0.4, -0.2) is 70.9 Å². The Kier molecular flexibility index (Phi) is 12.9. The Labute approximate surface area is 257 Å². The second-order valence-corrected chi connectivity index (χ2v) is 10.5. The lowest BCUT2D eigenvalue weighted by atomic mass is 9.90. The molecule has 1 radical (unpaired) electrons. The number of nitrogens with zero attached hydrogens (tertiary/aromatic N) is 5. The lowest BCUT2D eigenvalue weighted by Crippen LogP contribution is -2.31. The Morgan fingerprint density at radius 2 is 1.61 bits per heavy atom. The molecular formula is C27H31B2F3N7O4S. The number of alkyl halides is 3. The summed E-state index contributed by atoms with van der Waals surface area (Å²) in [5.74, 6) is -0.576. The highest BCUT2D eigenvalue weighted by Gasteiger charge is 2.38. The topological polar surface area (TPSA) is 163 Å². The van der Waals surface area contributed by atoms with E-state index in [9.17, 15) is 27.8 Å². The monoisotopic (exact) mass is 628 g/mol. The molecule has 0 aliphatic heterocycles. The van der Waals surface area contributed by atoms with Gasteiger partial charge in [-0.15, -0.1) is 11.8 Å². The number of rotatable bonds is 15. The van der Waals surface area contributed by atoms with Gasteiger partial charge in [-0.1, -0.05) is 12.1 Å². The van der Waals surface area contributed by atoms with E-state index in [1.54, 1.807) is 60.6 Å². The Balaban J connectivity index is 1.58. The van der Waals surface area contributed by atoms with Gasteiger partial charge in [0, 0.05) is 41.5 Å². The van der Waals surface area contributed by atoms with Crippen LogP contribution in [0.2, 0.25) is 6.82 Å². The molecule has 0 saturated carbocycles. The van der Waals surface area contributed by atoms with E-state index in [2.05, 4.69) is 14.8 Å². The van der Waals surface area contributed by atoms with E-state index in [1.807, 2.05) is 12.1 Å². The summed E-state index contributed by atoms with van der Waals surface area (Å²) in [6, 6.07) is 14.0. The third kappa shape index (κ3) is 10.8. The van der Waals surface area contributed by atoms with E-state index in [0.717, 1.165) is 12.3 Å². The van der Waals surface area contributed by atoms with Gasteiger partial charge >= 0.3 is 26.5 Å². The fourth-order valence-electron chi connectivity index (χ4n) is 3.85. The predicted molar refractivity (Wildman–Crippen MR) is 165 cm³/mol. The van der Waals surface area contributed by atoms with Gasteiger partial charge in [-0.2, -0.15) is 18.2 Å². The molecule has 44 heavy (non-hydrogen) atoms. The normalized spacial score (nSPS) is 12.7. The molecule has 0 aliphatic rings. The molecule has 1 aromatic heterocycles. The number of thioether (sulfide) groups is 1. The van der Waals surface area contributed by atoms with E-state index in [0.29, 0.717) is 48.2 Å². The lowest BCUT2D eigenvalue weighted by Gasteiger charge is -2.09. The second kappa shape index (κ2) is 16.6. The molecule has 0 aliphatic carbocycles. The summed E-state index contributed by atoms with van der Waals surface area (Å²) in [6.07, 6.45) is -0.370. The second-order valence-electron chi connectivity index (χ2n) is 9.30. The van der Waals surface area contributed by atoms with Gasteiger partial charge in [-0.3, -0.25) is 9.70 Å². The number of carbonyl (C=O) groups excluding carboxylic acids is 2. The Morgan fingerprint density at radius 3 is 2.20 bits per heavy atom. The highest BCUT2D eigenvalue weighted by atomic mass is 32.2. The van der Waals surface area contributed by atoms with Crippen molar-refractivity contribution in [3.8, 4) is 5.75 Å². The minimum Gasteiger partial charge on any atom is -0.494 e. The minimum absolute atomic E-state index is 0.0965. The van der Waals surface area contributed by atoms with Crippen LogP contribution in [0.4, 0.5) is 13.2 Å². The molecule has 2 aromatic carbocycles. The van der Waals surface area contributed by atoms with Gasteiger partial charge in [0.05, 0.1) is 6.61 Å². The van der Waals surface area contributed by atoms with Crippen molar-refractivity contribution in [2.24, 2.45) is 26.3 Å². The number of halogens is 3. The molecular weight excluding hydrogens is 597 g/mol. The quantitative estimate of drug-likeness (QED) is 0.0581. The maximum absolute atomic E-state index is 13.0. The largest absolute Gasteiger partial charge is 0.494 e. The summed E-state index contributed by atoms with van der Waals surface area (Å²) in [4.78, 5) is 34.1. The van der Waals surface area contributed by atoms with Gasteiger partial charge in [-0.25, -0.2) is 0 Å². The van der Waals surface area contributed by atoms with Gasteiger partial charge in [0.2, 0.25) is 5.62 Å². The van der Waals surface area contributed by atoms with E-state index in [-0.39, 0.29) is 30.4 Å². The number of amides is 1. The number of hydrogen-bond donors (Lipinski definition) is 3. The summed E-state index contributed by atoms with van der Waals surface area (Å²) in [5, 5.41) is 9.35. The average Bonchev–Trinajstić information content (AvgIpc) is 3.36. The van der Waals surface area contributed by atoms with Gasteiger partial charge in [0.15, 0.2) is 0 Å². The van der Waals surface area contributed by atoms with Crippen molar-refractivity contribution in [3.63, 3.8) is 0 Å². The molecule has 0 saturated heterocycles. The summed E-state index contributed by atoms with van der Waals surface area (Å²) in [7, 11) is 0.140. The maximum Gasteiger partial charge on any atom is 0.473 e. The molecule has 0 atom stereocenters. The third-order valence-electron chi connectivity index (χ3n) is 5.91. The molecule has 1 heterocycles. The van der Waals surface area contributed by atoms with E-state index in [4.69, 9.17) is 16.2 Å². The maximum atomic E-state index is 13.0. The van der Waals surface area contributed by atoms with Crippen LogP contribution in [0.25, 0.3) is 0 Å². The molecule has 3 rings (SSSR count). The Hall–Kier alpha value is -4.24. The highest BCUT2D eigenvalue weighted by Crippen LogP contribution is 2.20. The number of aryl methyl sites for hydroxylation is 2. The fraction of sp³-hybridized carbons (Fsp3) is 0.296. The van der Waals surface area contributed by atoms with Crippen molar-refractivity contribution in [3.05, 3.63) is 77.7 Å². The van der Waals surface area contributed by atoms with Crippen molar-refractivity contribution < 1.29 is 32.5 Å². The summed E-state index contributed by atoms with van der Waals surface area (Å²) in [5.41, 5.74) is 12.8. The van der Waals surface area contributed by atoms with Gasteiger partial charge in [0.1, 0.15) is 23.6 Å². The number of amidine groups is 2. The predicted octanol–water partition coefficient (Wildman–Crippen LogP) is 2.26. The van der Waals surface area contributed by atoms with E-state index >= 15 is 0 Å². The molecule has 1 amide bonds. The molecule has 231 valence electrons. The van der Waals surface area contributed by atoms with Crippen molar-refractivity contribution in [2.75, 3.05) is 12.4 Å². The van der Waals surface area contributed by atoms with E-state index < -0.39 is 19.1 Å². The zero-order valence-electron chi connectivity index (χ0n) is 23.9. The van der Waals surface area contributed by atoms with Crippen LogP contribution in [-0.2, 0) is 22.7 Å². The van der Waals surface area contributed by atoms with Crippen molar-refractivity contribution >= 4 is 50.0 Å². The standard InChI is InChI=1S/C27H31B2F3N7O4S/c1-29(42)37-24(34)20-6-10-22(11-7-20)44-17-3-13-39-15-14-38(26(39)35-25(41)27(30,31)32)12-2-16-43-21-8-4-19(5-9-21)23(33)36-28-18-40/h4-11,14-15,18,42H,2-3,12-13,16-17H2,1H3,(H2,33,36)(H2,34,37). The van der Waals surface area contributed by atoms with Crippen molar-refractivity contribution in [1.29, 1.82) is 0 Å². The number of aromatic nitrogens is 2. The summed E-state index contributed by atoms with van der Waals surface area (Å²) in [6.45, 7) is 2.36. The number of ether oxygens (including phenoxy) is 1. The molecule has 0 bridgehead atoms. The van der Waals surface area contributed by atoms with Crippen LogP contribution < -0.4 is 21.8 Å². The number of nitrogens with two attached hydrogens (primary N) is 2. The van der Waals surface area contributed by atoms with Crippen LogP contribution in [0.3, 0.4) is 0 Å². The number of benzene rings is 2. The van der Waals surface area contributed by atoms with Gasteiger partial charge in [-0.05, 0) is 61.8 Å². The first-order valence-electron chi connectivity index (χ1n) is 13.5. The molecule has 11 nitrogen and oxygen atoms in total. The van der Waals surface area contributed by atoms with Crippen LogP contribution in [0, 0.1) is 0 Å². The molecule has 17 heteroatoms. The summed E-state index contributed by atoms with van der Waals surface area (Å²) >= 11 is 1.55. The van der Waals surface area contributed by atoms with Crippen molar-refractivity contribution in [1.82, 2.24) is 9.13 Å². The van der Waals surface area contributed by atoms with Gasteiger partial charge in [0.25, 0.3) is 0 Å². The van der Waals surface area contributed by atoms with Crippen LogP contribution >= 0.6 is 11.8 Å². The lowest BCUT2D eigenvalue weighted by molar-refractivity contribution is -0.169. The number of hydrogen-bond acceptors (Lipinski definition) is 7. The summed E-state index contributed by atoms with van der Waals surface area (Å²) < 4.78 is 47.8. The first kappa shape index (κ1) is 34.3. The van der Waals surface area contributed by atoms with Crippen molar-refractivity contribution in [2.45, 2.75) is 43.8 Å². The minimum atomic E-state index is -5.09. The van der Waals surface area contributed by atoms with Crippen LogP contribution in [0.1, 0.15) is 24.0 Å². The Morgan fingerprint density at radius 1 is 1.02 bits per heavy atom. The Bertz CT molecular complexity index is 1520. The molecule has 5 N–H and O–H groups in total. The highest BCUT2D eigenvalue weighted by molar-refractivity contribution is 7.99. The van der Waals surface area contributed by atoms with E-state index in [1.165, 1.54) is 16.0 Å². The number of carbonyl (C=O) groups is 2. The smallest absolute Gasteiger partial charge is 0.473 e. The average molecular weight is 628 g/mol. The SMILES string of the molecule is CB(O)N=C(N)c1ccc(SCCCn2ccn(CCCOc3ccc(C(N)=N[B]C=O)cc3)c2=NC(=O)C(F)(F)F)cc1. The fourth-order valence-corrected chi connectivity index (χ4v) is 4.68. The van der Waals surface area contributed by atoms with Crippen LogP contribution in [0.15, 0.2) is 80.6 Å². The van der Waals surface area contributed by atoms with Gasteiger partial charge < -0.3 is 40.1 Å². The number of imidazole rings is 1. The molecule has 3 aromatic rings. The van der Waals surface area contributed by atoms with Crippen LogP contribution in [0.5, 0.6) is 5.75 Å². The zero-order chi connectivity index (χ0) is 32.1. The third-order valence-corrected chi connectivity index (χ3v) is 7.01. The first-order valence-corrected chi connectivity index (χ1v) is 14.5. The molecule has 0 fully saturated rings. The molecule has 0 unspecified atom stereocenters. The zero-order valence-corrected chi connectivity index (χ0v) is 24.7. The first-order chi connectivity index (χ1) is 21.0. The molecule has 0 spiro atoms.